The SMILES string of the molecule is Cl.Cl.N[C@@H](Cc1cn(CCCC(F)(F)F)cn1)C(=O)O. The van der Waals surface area contributed by atoms with Crippen LogP contribution in [0.4, 0.5) is 13.2 Å². The van der Waals surface area contributed by atoms with Crippen LogP contribution in [0.15, 0.2) is 12.5 Å². The van der Waals surface area contributed by atoms with Crippen molar-refractivity contribution >= 4 is 30.8 Å². The van der Waals surface area contributed by atoms with Gasteiger partial charge in [-0.3, -0.25) is 4.79 Å². The summed E-state index contributed by atoms with van der Waals surface area (Å²) in [6.45, 7) is 0.189. The van der Waals surface area contributed by atoms with Gasteiger partial charge in [0.25, 0.3) is 0 Å². The molecule has 1 aromatic rings. The van der Waals surface area contributed by atoms with Crippen LogP contribution in [-0.4, -0.2) is 32.8 Å². The van der Waals surface area contributed by atoms with Gasteiger partial charge in [-0.1, -0.05) is 0 Å². The molecule has 0 unspecified atom stereocenters. The number of halogens is 5. The molecule has 3 N–H and O–H groups in total. The molecule has 0 aliphatic rings. The quantitative estimate of drug-likeness (QED) is 0.832. The molecule has 1 rings (SSSR count). The van der Waals surface area contributed by atoms with Gasteiger partial charge in [0, 0.05) is 25.6 Å². The third-order valence-electron chi connectivity index (χ3n) is 2.31. The summed E-state index contributed by atoms with van der Waals surface area (Å²) in [5.74, 6) is -1.14. The maximum absolute atomic E-state index is 11.9. The van der Waals surface area contributed by atoms with Crippen molar-refractivity contribution in [2.75, 3.05) is 0 Å². The molecule has 0 aliphatic carbocycles. The molecule has 0 saturated heterocycles. The summed E-state index contributed by atoms with van der Waals surface area (Å²) in [5.41, 5.74) is 5.77. The zero-order valence-corrected chi connectivity index (χ0v) is 12.0. The molecule has 0 bridgehead atoms. The third-order valence-corrected chi connectivity index (χ3v) is 2.31. The molecule has 0 saturated carbocycles. The standard InChI is InChI=1S/C10H14F3N3O2.2ClH/c11-10(12,13)2-1-3-16-5-7(15-6-16)4-8(14)9(17)18;;/h5-6,8H,1-4,14H2,(H,17,18);2*1H/t8-;;/m0../s1. The zero-order chi connectivity index (χ0) is 13.8. The highest BCUT2D eigenvalue weighted by Crippen LogP contribution is 2.21. The Morgan fingerprint density at radius 2 is 2.05 bits per heavy atom. The van der Waals surface area contributed by atoms with Crippen LogP contribution in [0.3, 0.4) is 0 Å². The smallest absolute Gasteiger partial charge is 0.389 e. The summed E-state index contributed by atoms with van der Waals surface area (Å²) in [6, 6.07) is -1.05. The Hall–Kier alpha value is -0.990. The average molecular weight is 338 g/mol. The molecule has 1 heterocycles. The lowest BCUT2D eigenvalue weighted by molar-refractivity contribution is -0.138. The molecule has 0 aromatic carbocycles. The fraction of sp³-hybridized carbons (Fsp3) is 0.600. The van der Waals surface area contributed by atoms with Crippen LogP contribution in [0.1, 0.15) is 18.5 Å². The Bertz CT molecular complexity index is 413. The summed E-state index contributed by atoms with van der Waals surface area (Å²) < 4.78 is 37.2. The normalized spacial score (nSPS) is 12.2. The van der Waals surface area contributed by atoms with Crippen LogP contribution in [0, 0.1) is 0 Å². The molecular formula is C10H16Cl2F3N3O2. The minimum Gasteiger partial charge on any atom is -0.480 e. The minimum atomic E-state index is -4.16. The summed E-state index contributed by atoms with van der Waals surface area (Å²) in [7, 11) is 0. The highest BCUT2D eigenvalue weighted by molar-refractivity contribution is 5.85. The molecule has 1 aromatic heterocycles. The number of alkyl halides is 3. The van der Waals surface area contributed by atoms with E-state index in [4.69, 9.17) is 10.8 Å². The summed E-state index contributed by atoms with van der Waals surface area (Å²) >= 11 is 0. The van der Waals surface area contributed by atoms with Crippen LogP contribution in [0.5, 0.6) is 0 Å². The van der Waals surface area contributed by atoms with Gasteiger partial charge in [0.2, 0.25) is 0 Å². The lowest BCUT2D eigenvalue weighted by Crippen LogP contribution is -2.32. The number of nitrogens with two attached hydrogens (primary N) is 1. The van der Waals surface area contributed by atoms with E-state index in [0.29, 0.717) is 5.69 Å². The predicted octanol–water partition coefficient (Wildman–Crippen LogP) is 2.02. The molecule has 0 radical (unpaired) electrons. The van der Waals surface area contributed by atoms with Gasteiger partial charge in [-0.15, -0.1) is 24.8 Å². The molecule has 10 heteroatoms. The second-order valence-electron chi connectivity index (χ2n) is 3.97. The van der Waals surface area contributed by atoms with Crippen LogP contribution in [0.2, 0.25) is 0 Å². The van der Waals surface area contributed by atoms with Crippen molar-refractivity contribution in [1.29, 1.82) is 0 Å². The largest absolute Gasteiger partial charge is 0.480 e. The second-order valence-corrected chi connectivity index (χ2v) is 3.97. The first kappa shape index (κ1) is 21.3. The summed E-state index contributed by atoms with van der Waals surface area (Å²) in [5, 5.41) is 8.60. The molecule has 0 spiro atoms. The van der Waals surface area contributed by atoms with Crippen molar-refractivity contribution in [3.8, 4) is 0 Å². The molecule has 0 aliphatic heterocycles. The summed E-state index contributed by atoms with van der Waals surface area (Å²) in [4.78, 5) is 14.4. The number of aryl methyl sites for hydroxylation is 1. The lowest BCUT2D eigenvalue weighted by Gasteiger charge is -2.06. The van der Waals surface area contributed by atoms with E-state index in [-0.39, 0.29) is 44.2 Å². The zero-order valence-electron chi connectivity index (χ0n) is 10.3. The topological polar surface area (TPSA) is 81.1 Å². The highest BCUT2D eigenvalue weighted by atomic mass is 35.5. The molecular weight excluding hydrogens is 322 g/mol. The van der Waals surface area contributed by atoms with E-state index >= 15 is 0 Å². The van der Waals surface area contributed by atoms with Crippen molar-refractivity contribution in [2.45, 2.75) is 38.0 Å². The van der Waals surface area contributed by atoms with Gasteiger partial charge in [-0.05, 0) is 6.42 Å². The number of imidazole rings is 1. The van der Waals surface area contributed by atoms with Crippen LogP contribution >= 0.6 is 24.8 Å². The number of hydrogen-bond donors (Lipinski definition) is 2. The number of aromatic nitrogens is 2. The number of aliphatic carboxylic acids is 1. The van der Waals surface area contributed by atoms with Gasteiger partial charge in [-0.2, -0.15) is 13.2 Å². The number of hydrogen-bond acceptors (Lipinski definition) is 3. The van der Waals surface area contributed by atoms with Gasteiger partial charge in [0.05, 0.1) is 12.0 Å². The maximum Gasteiger partial charge on any atom is 0.389 e. The fourth-order valence-electron chi connectivity index (χ4n) is 1.41. The first-order valence-electron chi connectivity index (χ1n) is 5.34. The predicted molar refractivity (Wildman–Crippen MR) is 71.3 cm³/mol. The molecule has 1 atom stereocenters. The number of carbonyl (C=O) groups is 1. The molecule has 118 valence electrons. The molecule has 0 fully saturated rings. The van der Waals surface area contributed by atoms with E-state index in [2.05, 4.69) is 4.98 Å². The minimum absolute atomic E-state index is 0. The molecule has 5 nitrogen and oxygen atoms in total. The highest BCUT2D eigenvalue weighted by Gasteiger charge is 2.26. The fourth-order valence-corrected chi connectivity index (χ4v) is 1.41. The van der Waals surface area contributed by atoms with Gasteiger partial charge in [-0.25, -0.2) is 4.98 Å². The molecule has 0 amide bonds. The number of rotatable bonds is 6. The monoisotopic (exact) mass is 337 g/mol. The van der Waals surface area contributed by atoms with Crippen LogP contribution < -0.4 is 5.73 Å². The van der Waals surface area contributed by atoms with Crippen LogP contribution in [-0.2, 0) is 17.8 Å². The van der Waals surface area contributed by atoms with Crippen LogP contribution in [0.25, 0.3) is 0 Å². The van der Waals surface area contributed by atoms with E-state index in [1.165, 1.54) is 17.1 Å². The maximum atomic E-state index is 11.9. The first-order chi connectivity index (χ1) is 8.28. The van der Waals surface area contributed by atoms with Crippen molar-refractivity contribution in [3.05, 3.63) is 18.2 Å². The summed E-state index contributed by atoms with van der Waals surface area (Å²) in [6.07, 6.45) is -2.10. The van der Waals surface area contributed by atoms with Crippen molar-refractivity contribution in [1.82, 2.24) is 9.55 Å². The third kappa shape index (κ3) is 8.23. The number of carboxylic acid groups (broad SMARTS) is 1. The van der Waals surface area contributed by atoms with Gasteiger partial charge >= 0.3 is 12.1 Å². The second kappa shape index (κ2) is 9.04. The Morgan fingerprint density at radius 3 is 2.55 bits per heavy atom. The lowest BCUT2D eigenvalue weighted by atomic mass is 10.2. The molecule has 20 heavy (non-hydrogen) atoms. The Morgan fingerprint density at radius 1 is 1.45 bits per heavy atom. The van der Waals surface area contributed by atoms with E-state index in [9.17, 15) is 18.0 Å². The van der Waals surface area contributed by atoms with Gasteiger partial charge in [0.15, 0.2) is 0 Å². The van der Waals surface area contributed by atoms with Gasteiger partial charge < -0.3 is 15.4 Å². The van der Waals surface area contributed by atoms with E-state index in [1.54, 1.807) is 0 Å². The number of carboxylic acids is 1. The Kier molecular flexibility index (Phi) is 9.63. The van der Waals surface area contributed by atoms with E-state index in [1.807, 2.05) is 0 Å². The van der Waals surface area contributed by atoms with Crippen molar-refractivity contribution < 1.29 is 23.1 Å². The van der Waals surface area contributed by atoms with E-state index in [0.717, 1.165) is 0 Å². The van der Waals surface area contributed by atoms with Crippen molar-refractivity contribution in [2.24, 2.45) is 5.73 Å². The first-order valence-corrected chi connectivity index (χ1v) is 5.34. The van der Waals surface area contributed by atoms with Gasteiger partial charge in [0.1, 0.15) is 6.04 Å². The average Bonchev–Trinajstić information content (AvgIpc) is 2.63. The van der Waals surface area contributed by atoms with E-state index < -0.39 is 24.6 Å². The number of nitrogens with zero attached hydrogens (tertiary/aromatic N) is 2. The Balaban J connectivity index is 0. The Labute approximate surface area is 126 Å². The van der Waals surface area contributed by atoms with Crippen molar-refractivity contribution in [3.63, 3.8) is 0 Å².